The number of carbonyl (C=O) groups is 4. The molecule has 10 heteroatoms. The van der Waals surface area contributed by atoms with Gasteiger partial charge in [0.25, 0.3) is 0 Å². The van der Waals surface area contributed by atoms with E-state index in [0.717, 1.165) is 27.7 Å². The van der Waals surface area contributed by atoms with Crippen LogP contribution >= 0.6 is 0 Å². The molecule has 1 fully saturated rings. The molecule has 5 atom stereocenters. The van der Waals surface area contributed by atoms with Crippen LogP contribution in [0.2, 0.25) is 0 Å². The van der Waals surface area contributed by atoms with Gasteiger partial charge in [-0.25, -0.2) is 0 Å². The number of aliphatic hydroxyl groups excluding tert-OH is 1. The van der Waals surface area contributed by atoms with Gasteiger partial charge in [-0.3, -0.25) is 19.2 Å². The largest absolute Gasteiger partial charge is 0.463 e. The zero-order valence-corrected chi connectivity index (χ0v) is 13.7. The lowest BCUT2D eigenvalue weighted by atomic mass is 9.98. The zero-order valence-electron chi connectivity index (χ0n) is 13.7. The van der Waals surface area contributed by atoms with E-state index in [2.05, 4.69) is 0 Å². The van der Waals surface area contributed by atoms with Crippen molar-refractivity contribution in [3.05, 3.63) is 0 Å². The van der Waals surface area contributed by atoms with Crippen LogP contribution in [0.1, 0.15) is 27.7 Å². The number of hydrogen-bond acceptors (Lipinski definition) is 10. The third-order valence-electron chi connectivity index (χ3n) is 2.97. The Balaban J connectivity index is 3.11. The summed E-state index contributed by atoms with van der Waals surface area (Å²) in [5.74, 6) is -2.87. The van der Waals surface area contributed by atoms with Crippen LogP contribution in [0.5, 0.6) is 0 Å². The van der Waals surface area contributed by atoms with Gasteiger partial charge in [0.05, 0.1) is 0 Å². The van der Waals surface area contributed by atoms with Crippen molar-refractivity contribution in [2.75, 3.05) is 6.61 Å². The van der Waals surface area contributed by atoms with Crippen molar-refractivity contribution in [1.29, 1.82) is 0 Å². The van der Waals surface area contributed by atoms with E-state index < -0.39 is 54.6 Å². The van der Waals surface area contributed by atoms with Crippen molar-refractivity contribution in [2.24, 2.45) is 0 Å². The highest BCUT2D eigenvalue weighted by Gasteiger charge is 2.51. The number of carbonyl (C=O) groups excluding carboxylic acids is 4. The third-order valence-corrected chi connectivity index (χ3v) is 2.97. The summed E-state index contributed by atoms with van der Waals surface area (Å²) < 4.78 is 25.0. The summed E-state index contributed by atoms with van der Waals surface area (Å²) in [5.41, 5.74) is 0. The van der Waals surface area contributed by atoms with Gasteiger partial charge in [0, 0.05) is 27.7 Å². The average molecular weight is 348 g/mol. The molecule has 1 N–H and O–H groups in total. The first-order valence-electron chi connectivity index (χ1n) is 7.10. The maximum Gasteiger partial charge on any atom is 0.303 e. The molecule has 1 heterocycles. The topological polar surface area (TPSA) is 135 Å². The molecule has 0 saturated carbocycles. The minimum atomic E-state index is -1.68. The molecule has 1 aliphatic heterocycles. The monoisotopic (exact) mass is 348 g/mol. The van der Waals surface area contributed by atoms with Gasteiger partial charge >= 0.3 is 23.9 Å². The van der Waals surface area contributed by atoms with E-state index in [4.69, 9.17) is 23.7 Å². The fourth-order valence-electron chi connectivity index (χ4n) is 2.21. The molecular formula is C14H20O10. The minimum absolute atomic E-state index is 0.366. The Morgan fingerprint density at radius 3 is 1.71 bits per heavy atom. The number of esters is 4. The Hall–Kier alpha value is -2.20. The summed E-state index contributed by atoms with van der Waals surface area (Å²) in [4.78, 5) is 44.9. The molecule has 1 aliphatic rings. The lowest BCUT2D eigenvalue weighted by Crippen LogP contribution is -2.62. The van der Waals surface area contributed by atoms with Gasteiger partial charge in [-0.2, -0.15) is 0 Å². The third kappa shape index (κ3) is 5.78. The predicted molar refractivity (Wildman–Crippen MR) is 74.2 cm³/mol. The molecule has 0 radical (unpaired) electrons. The molecule has 0 aromatic rings. The molecule has 24 heavy (non-hydrogen) atoms. The van der Waals surface area contributed by atoms with Crippen LogP contribution in [0.25, 0.3) is 0 Å². The molecule has 1 saturated heterocycles. The van der Waals surface area contributed by atoms with Crippen LogP contribution in [0.3, 0.4) is 0 Å². The van der Waals surface area contributed by atoms with E-state index in [9.17, 15) is 24.3 Å². The summed E-state index contributed by atoms with van der Waals surface area (Å²) in [6, 6.07) is 0. The predicted octanol–water partition coefficient (Wildman–Crippen LogP) is -0.938. The summed E-state index contributed by atoms with van der Waals surface area (Å²) in [7, 11) is 0. The van der Waals surface area contributed by atoms with E-state index in [1.807, 2.05) is 0 Å². The standard InChI is InChI=1S/C14H20O10/c1-6(15)20-5-10-11(21-7(2)16)12(22-8(3)17)13(14(19)24-10)23-9(4)18/h10-14,19H,5H2,1-4H3/t10-,11+,12+,13+,14?/m0/s1. The molecule has 0 aromatic heterocycles. The second-order valence-corrected chi connectivity index (χ2v) is 5.09. The molecule has 10 nitrogen and oxygen atoms in total. The van der Waals surface area contributed by atoms with Gasteiger partial charge in [0.15, 0.2) is 24.6 Å². The molecule has 0 aliphatic carbocycles. The van der Waals surface area contributed by atoms with Crippen LogP contribution in [0.4, 0.5) is 0 Å². The van der Waals surface area contributed by atoms with Crippen LogP contribution in [-0.2, 0) is 42.9 Å². The van der Waals surface area contributed by atoms with Crippen molar-refractivity contribution in [3.8, 4) is 0 Å². The Morgan fingerprint density at radius 2 is 1.25 bits per heavy atom. The second kappa shape index (κ2) is 8.60. The number of aliphatic hydroxyl groups is 1. The van der Waals surface area contributed by atoms with E-state index in [1.165, 1.54) is 0 Å². The van der Waals surface area contributed by atoms with E-state index in [-0.39, 0.29) is 6.61 Å². The fourth-order valence-corrected chi connectivity index (χ4v) is 2.21. The van der Waals surface area contributed by atoms with Crippen LogP contribution in [0.15, 0.2) is 0 Å². The van der Waals surface area contributed by atoms with Gasteiger partial charge in [-0.15, -0.1) is 0 Å². The Kier molecular flexibility index (Phi) is 7.11. The van der Waals surface area contributed by atoms with Gasteiger partial charge in [-0.1, -0.05) is 0 Å². The molecule has 0 bridgehead atoms. The molecule has 1 rings (SSSR count). The lowest BCUT2D eigenvalue weighted by molar-refractivity contribution is -0.296. The molecule has 0 spiro atoms. The number of ether oxygens (including phenoxy) is 5. The van der Waals surface area contributed by atoms with Crippen molar-refractivity contribution < 1.29 is 48.0 Å². The molecular weight excluding hydrogens is 328 g/mol. The summed E-state index contributed by atoms with van der Waals surface area (Å²) in [6.45, 7) is 4.09. The quantitative estimate of drug-likeness (QED) is 0.490. The second-order valence-electron chi connectivity index (χ2n) is 5.09. The first-order valence-corrected chi connectivity index (χ1v) is 7.10. The van der Waals surface area contributed by atoms with E-state index in [1.54, 1.807) is 0 Å². The Labute approximate surface area is 137 Å². The number of hydrogen-bond donors (Lipinski definition) is 1. The van der Waals surface area contributed by atoms with Crippen LogP contribution < -0.4 is 0 Å². The lowest BCUT2D eigenvalue weighted by Gasteiger charge is -2.42. The first-order chi connectivity index (χ1) is 11.1. The number of rotatable bonds is 5. The average Bonchev–Trinajstić information content (AvgIpc) is 2.42. The summed E-state index contributed by atoms with van der Waals surface area (Å²) >= 11 is 0. The van der Waals surface area contributed by atoms with E-state index in [0.29, 0.717) is 0 Å². The van der Waals surface area contributed by atoms with Crippen LogP contribution in [-0.4, -0.2) is 66.3 Å². The maximum absolute atomic E-state index is 11.3. The SMILES string of the molecule is CC(=O)OC[C@@H]1OC(O)[C@H](OC(C)=O)[C@H](OC(C)=O)[C@@H]1OC(C)=O. The van der Waals surface area contributed by atoms with Crippen LogP contribution in [0, 0.1) is 0 Å². The molecule has 0 aromatic carbocycles. The zero-order chi connectivity index (χ0) is 18.4. The molecule has 136 valence electrons. The van der Waals surface area contributed by atoms with Crippen molar-refractivity contribution in [2.45, 2.75) is 58.4 Å². The molecule has 1 unspecified atom stereocenters. The van der Waals surface area contributed by atoms with Gasteiger partial charge < -0.3 is 28.8 Å². The van der Waals surface area contributed by atoms with Gasteiger partial charge in [0.1, 0.15) is 12.7 Å². The summed E-state index contributed by atoms with van der Waals surface area (Å²) in [6.07, 6.45) is -6.79. The molecule has 0 amide bonds. The van der Waals surface area contributed by atoms with Gasteiger partial charge in [-0.05, 0) is 0 Å². The highest BCUT2D eigenvalue weighted by Crippen LogP contribution is 2.28. The smallest absolute Gasteiger partial charge is 0.303 e. The van der Waals surface area contributed by atoms with Crippen molar-refractivity contribution in [3.63, 3.8) is 0 Å². The first kappa shape index (κ1) is 19.8. The Morgan fingerprint density at radius 1 is 0.792 bits per heavy atom. The fraction of sp³-hybridized carbons (Fsp3) is 0.714. The van der Waals surface area contributed by atoms with Crippen molar-refractivity contribution >= 4 is 23.9 Å². The minimum Gasteiger partial charge on any atom is -0.463 e. The Bertz CT molecular complexity index is 502. The van der Waals surface area contributed by atoms with Crippen molar-refractivity contribution in [1.82, 2.24) is 0 Å². The van der Waals surface area contributed by atoms with E-state index >= 15 is 0 Å². The highest BCUT2D eigenvalue weighted by molar-refractivity contribution is 5.68. The maximum atomic E-state index is 11.3. The highest BCUT2D eigenvalue weighted by atomic mass is 16.7. The normalized spacial score (nSPS) is 29.3. The van der Waals surface area contributed by atoms with Gasteiger partial charge in [0.2, 0.25) is 0 Å². The summed E-state index contributed by atoms with van der Waals surface area (Å²) in [5, 5.41) is 10.0.